The molecule has 3 rings (SSSR count). The number of thiocarbonyl (C=S) groups is 1. The summed E-state index contributed by atoms with van der Waals surface area (Å²) in [6.07, 6.45) is 2.15. The lowest BCUT2D eigenvalue weighted by atomic mass is 9.89. The Hall–Kier alpha value is -2.27. The maximum atomic E-state index is 5.58. The van der Waals surface area contributed by atoms with Crippen molar-refractivity contribution >= 4 is 23.0 Å². The van der Waals surface area contributed by atoms with Gasteiger partial charge in [0.2, 0.25) is 0 Å². The van der Waals surface area contributed by atoms with Gasteiger partial charge < -0.3 is 19.7 Å². The molecule has 5 heteroatoms. The molecule has 0 unspecified atom stereocenters. The zero-order chi connectivity index (χ0) is 17.6. The summed E-state index contributed by atoms with van der Waals surface area (Å²) in [5.74, 6) is 2.35. The molecule has 0 radical (unpaired) electrons. The first-order chi connectivity index (χ1) is 12.2. The molecule has 0 spiro atoms. The molecule has 0 aromatic heterocycles. The lowest BCUT2D eigenvalue weighted by Crippen LogP contribution is -2.40. The average molecular weight is 356 g/mol. The lowest BCUT2D eigenvalue weighted by Gasteiger charge is -2.34. The van der Waals surface area contributed by atoms with Crippen LogP contribution in [0.1, 0.15) is 24.3 Å². The highest BCUT2D eigenvalue weighted by Crippen LogP contribution is 2.34. The van der Waals surface area contributed by atoms with Crippen molar-refractivity contribution in [2.75, 3.05) is 32.6 Å². The molecule has 1 heterocycles. The van der Waals surface area contributed by atoms with E-state index in [9.17, 15) is 0 Å². The van der Waals surface area contributed by atoms with Crippen LogP contribution in [-0.2, 0) is 0 Å². The molecular weight excluding hydrogens is 332 g/mol. The number of nitrogens with one attached hydrogen (secondary N) is 1. The number of nitrogens with zero attached hydrogens (tertiary/aromatic N) is 1. The van der Waals surface area contributed by atoms with Crippen LogP contribution in [-0.4, -0.2) is 37.3 Å². The highest BCUT2D eigenvalue weighted by molar-refractivity contribution is 7.80. The van der Waals surface area contributed by atoms with Crippen LogP contribution in [0, 0.1) is 0 Å². The Bertz CT molecular complexity index is 710. The zero-order valence-corrected chi connectivity index (χ0v) is 15.5. The van der Waals surface area contributed by atoms with Crippen LogP contribution < -0.4 is 14.8 Å². The molecule has 1 fully saturated rings. The van der Waals surface area contributed by atoms with E-state index in [0.29, 0.717) is 5.92 Å². The van der Waals surface area contributed by atoms with Crippen molar-refractivity contribution in [3.8, 4) is 11.5 Å². The highest BCUT2D eigenvalue weighted by atomic mass is 32.1. The van der Waals surface area contributed by atoms with Crippen LogP contribution in [0.4, 0.5) is 5.69 Å². The van der Waals surface area contributed by atoms with Gasteiger partial charge in [-0.15, -0.1) is 0 Å². The molecule has 132 valence electrons. The molecule has 25 heavy (non-hydrogen) atoms. The maximum absolute atomic E-state index is 5.58. The summed E-state index contributed by atoms with van der Waals surface area (Å²) in [5, 5.41) is 4.10. The Morgan fingerprint density at radius 1 is 1.00 bits per heavy atom. The maximum Gasteiger partial charge on any atom is 0.173 e. The second kappa shape index (κ2) is 8.21. The first-order valence-corrected chi connectivity index (χ1v) is 8.95. The number of likely N-dealkylation sites (tertiary alicyclic amines) is 1. The first-order valence-electron chi connectivity index (χ1n) is 8.54. The molecule has 1 saturated heterocycles. The second-order valence-electron chi connectivity index (χ2n) is 6.16. The highest BCUT2D eigenvalue weighted by Gasteiger charge is 2.24. The van der Waals surface area contributed by atoms with Gasteiger partial charge in [-0.1, -0.05) is 18.2 Å². The van der Waals surface area contributed by atoms with Gasteiger partial charge in [0.15, 0.2) is 5.11 Å². The topological polar surface area (TPSA) is 33.7 Å². The van der Waals surface area contributed by atoms with Crippen molar-refractivity contribution in [1.82, 2.24) is 4.90 Å². The van der Waals surface area contributed by atoms with Gasteiger partial charge in [0.05, 0.1) is 14.2 Å². The molecule has 1 aliphatic heterocycles. The number of methoxy groups -OCH3 is 2. The number of hydrogen-bond donors (Lipinski definition) is 1. The number of para-hydroxylation sites is 1. The van der Waals surface area contributed by atoms with Gasteiger partial charge in [0.25, 0.3) is 0 Å². The van der Waals surface area contributed by atoms with Gasteiger partial charge in [-0.05, 0) is 66.9 Å². The van der Waals surface area contributed by atoms with Gasteiger partial charge in [0, 0.05) is 18.8 Å². The number of rotatable bonds is 4. The number of piperidine rings is 1. The molecule has 1 N–H and O–H groups in total. The van der Waals surface area contributed by atoms with E-state index in [1.54, 1.807) is 14.2 Å². The molecule has 2 aromatic rings. The standard InChI is InChI=1S/C20H24N2O2S/c1-23-17-9-7-16(8-10-17)21-20(25)22-13-11-15(12-14-22)18-5-3-4-6-19(18)24-2/h3-10,15H,11-14H2,1-2H3,(H,21,25). The Balaban J connectivity index is 1.57. The molecular formula is C20H24N2O2S. The van der Waals surface area contributed by atoms with Crippen LogP contribution in [0.25, 0.3) is 0 Å². The van der Waals surface area contributed by atoms with E-state index in [0.717, 1.165) is 48.2 Å². The quantitative estimate of drug-likeness (QED) is 0.827. The predicted octanol–water partition coefficient (Wildman–Crippen LogP) is 4.28. The van der Waals surface area contributed by atoms with Crippen molar-refractivity contribution in [2.45, 2.75) is 18.8 Å². The largest absolute Gasteiger partial charge is 0.497 e. The van der Waals surface area contributed by atoms with E-state index in [4.69, 9.17) is 21.7 Å². The third-order valence-electron chi connectivity index (χ3n) is 4.70. The smallest absolute Gasteiger partial charge is 0.173 e. The van der Waals surface area contributed by atoms with Crippen LogP contribution >= 0.6 is 12.2 Å². The van der Waals surface area contributed by atoms with E-state index in [-0.39, 0.29) is 0 Å². The molecule has 0 aliphatic carbocycles. The van der Waals surface area contributed by atoms with Crippen LogP contribution in [0.5, 0.6) is 11.5 Å². The minimum atomic E-state index is 0.524. The van der Waals surface area contributed by atoms with Gasteiger partial charge in [-0.25, -0.2) is 0 Å². The summed E-state index contributed by atoms with van der Waals surface area (Å²) in [6, 6.07) is 16.1. The van der Waals surface area contributed by atoms with Crippen LogP contribution in [0.15, 0.2) is 48.5 Å². The third kappa shape index (κ3) is 4.23. The van der Waals surface area contributed by atoms with Gasteiger partial charge in [-0.3, -0.25) is 0 Å². The summed E-state index contributed by atoms with van der Waals surface area (Å²) in [6.45, 7) is 1.90. The van der Waals surface area contributed by atoms with E-state index >= 15 is 0 Å². The van der Waals surface area contributed by atoms with E-state index in [1.807, 2.05) is 36.4 Å². The lowest BCUT2D eigenvalue weighted by molar-refractivity contribution is 0.310. The summed E-state index contributed by atoms with van der Waals surface area (Å²) in [5.41, 5.74) is 2.29. The van der Waals surface area contributed by atoms with Crippen molar-refractivity contribution in [3.05, 3.63) is 54.1 Å². The number of benzene rings is 2. The summed E-state index contributed by atoms with van der Waals surface area (Å²) >= 11 is 5.58. The normalized spacial score (nSPS) is 14.9. The van der Waals surface area contributed by atoms with Gasteiger partial charge in [-0.2, -0.15) is 0 Å². The molecule has 0 atom stereocenters. The van der Waals surface area contributed by atoms with E-state index in [1.165, 1.54) is 5.56 Å². The number of anilines is 1. The van der Waals surface area contributed by atoms with Crippen molar-refractivity contribution in [2.24, 2.45) is 0 Å². The second-order valence-corrected chi connectivity index (χ2v) is 6.55. The SMILES string of the molecule is COc1ccc(NC(=S)N2CCC(c3ccccc3OC)CC2)cc1. The fourth-order valence-electron chi connectivity index (χ4n) is 3.27. The minimum absolute atomic E-state index is 0.524. The van der Waals surface area contributed by atoms with Gasteiger partial charge >= 0.3 is 0 Å². The molecule has 0 amide bonds. The molecule has 4 nitrogen and oxygen atoms in total. The monoisotopic (exact) mass is 356 g/mol. The first kappa shape index (κ1) is 17.5. The zero-order valence-electron chi connectivity index (χ0n) is 14.7. The van der Waals surface area contributed by atoms with Crippen molar-refractivity contribution < 1.29 is 9.47 Å². The fourth-order valence-corrected chi connectivity index (χ4v) is 3.57. The van der Waals surface area contributed by atoms with Crippen LogP contribution in [0.3, 0.4) is 0 Å². The molecule has 0 bridgehead atoms. The Labute approximate surface area is 154 Å². The van der Waals surface area contributed by atoms with Crippen LogP contribution in [0.2, 0.25) is 0 Å². The third-order valence-corrected chi connectivity index (χ3v) is 5.06. The van der Waals surface area contributed by atoms with E-state index in [2.05, 4.69) is 22.3 Å². The predicted molar refractivity (Wildman–Crippen MR) is 106 cm³/mol. The minimum Gasteiger partial charge on any atom is -0.497 e. The molecule has 0 saturated carbocycles. The Kier molecular flexibility index (Phi) is 5.76. The van der Waals surface area contributed by atoms with Gasteiger partial charge in [0.1, 0.15) is 11.5 Å². The fraction of sp³-hybridized carbons (Fsp3) is 0.350. The summed E-state index contributed by atoms with van der Waals surface area (Å²) in [4.78, 5) is 2.24. The summed E-state index contributed by atoms with van der Waals surface area (Å²) < 4.78 is 10.7. The molecule has 2 aromatic carbocycles. The number of ether oxygens (including phenoxy) is 2. The van der Waals surface area contributed by atoms with Crippen molar-refractivity contribution in [3.63, 3.8) is 0 Å². The summed E-state index contributed by atoms with van der Waals surface area (Å²) in [7, 11) is 3.40. The van der Waals surface area contributed by atoms with Crippen molar-refractivity contribution in [1.29, 1.82) is 0 Å². The number of hydrogen-bond acceptors (Lipinski definition) is 3. The molecule has 1 aliphatic rings. The Morgan fingerprint density at radius 3 is 2.32 bits per heavy atom. The Morgan fingerprint density at radius 2 is 1.68 bits per heavy atom. The average Bonchev–Trinajstić information content (AvgIpc) is 2.68. The van der Waals surface area contributed by atoms with E-state index < -0.39 is 0 Å².